The van der Waals surface area contributed by atoms with Gasteiger partial charge in [-0.15, -0.1) is 0 Å². The SMILES string of the molecule is CC(C)(C)OC(=O)N1CCN(C(=O)C2=Cc3cc(N4CC[C@](O)(C(=O)CCc5cc(F)cc(Cl)c5)C4=O)ccc3C2)CC1. The van der Waals surface area contributed by atoms with Crippen molar-refractivity contribution in [3.8, 4) is 0 Å². The summed E-state index contributed by atoms with van der Waals surface area (Å²) in [7, 11) is 0. The molecule has 1 aliphatic carbocycles. The van der Waals surface area contributed by atoms with Crippen LogP contribution in [0.15, 0.2) is 42.0 Å². The number of Topliss-reactive ketones (excluding diaryl/α,β-unsaturated/α-hetero) is 1. The summed E-state index contributed by atoms with van der Waals surface area (Å²) in [6.45, 7) is 7.18. The molecule has 43 heavy (non-hydrogen) atoms. The number of aliphatic hydroxyl groups is 1. The van der Waals surface area contributed by atoms with E-state index in [1.807, 2.05) is 32.9 Å². The number of piperazine rings is 1. The van der Waals surface area contributed by atoms with E-state index in [0.717, 1.165) is 11.1 Å². The van der Waals surface area contributed by atoms with E-state index in [1.54, 1.807) is 28.0 Å². The van der Waals surface area contributed by atoms with Crippen LogP contribution in [0.25, 0.3) is 6.08 Å². The van der Waals surface area contributed by atoms with Gasteiger partial charge in [0.1, 0.15) is 11.4 Å². The second-order valence-electron chi connectivity index (χ2n) is 12.3. The smallest absolute Gasteiger partial charge is 0.410 e. The molecule has 228 valence electrons. The van der Waals surface area contributed by atoms with Crippen molar-refractivity contribution in [3.63, 3.8) is 0 Å². The van der Waals surface area contributed by atoms with Crippen LogP contribution in [0, 0.1) is 5.82 Å². The fourth-order valence-electron chi connectivity index (χ4n) is 5.68. The van der Waals surface area contributed by atoms with Crippen LogP contribution >= 0.6 is 11.6 Å². The van der Waals surface area contributed by atoms with E-state index in [4.69, 9.17) is 16.3 Å². The summed E-state index contributed by atoms with van der Waals surface area (Å²) in [5.74, 6) is -1.94. The molecule has 0 spiro atoms. The third kappa shape index (κ3) is 6.60. The van der Waals surface area contributed by atoms with E-state index in [2.05, 4.69) is 0 Å². The lowest BCUT2D eigenvalue weighted by Crippen LogP contribution is -2.51. The average molecular weight is 612 g/mol. The second kappa shape index (κ2) is 11.7. The fraction of sp³-hybridized carbons (Fsp3) is 0.438. The van der Waals surface area contributed by atoms with Crippen LogP contribution in [0.1, 0.15) is 50.3 Å². The van der Waals surface area contributed by atoms with Crippen molar-refractivity contribution < 1.29 is 33.4 Å². The monoisotopic (exact) mass is 611 g/mol. The first kappa shape index (κ1) is 30.7. The summed E-state index contributed by atoms with van der Waals surface area (Å²) < 4.78 is 19.1. The predicted molar refractivity (Wildman–Crippen MR) is 159 cm³/mol. The fourth-order valence-corrected chi connectivity index (χ4v) is 5.92. The summed E-state index contributed by atoms with van der Waals surface area (Å²) in [4.78, 5) is 56.6. The maximum atomic E-state index is 13.7. The molecule has 2 heterocycles. The molecular weight excluding hydrogens is 577 g/mol. The van der Waals surface area contributed by atoms with Crippen LogP contribution < -0.4 is 4.90 Å². The van der Waals surface area contributed by atoms with Gasteiger partial charge in [0, 0.05) is 68.3 Å². The topological polar surface area (TPSA) is 107 Å². The zero-order chi connectivity index (χ0) is 31.1. The van der Waals surface area contributed by atoms with Gasteiger partial charge in [-0.2, -0.15) is 0 Å². The molecular formula is C32H35ClFN3O6. The molecule has 0 bridgehead atoms. The number of hydrogen-bond donors (Lipinski definition) is 1. The van der Waals surface area contributed by atoms with E-state index in [-0.39, 0.29) is 42.8 Å². The minimum absolute atomic E-state index is 0.0551. The minimum Gasteiger partial charge on any atom is -0.444 e. The number of benzene rings is 2. The van der Waals surface area contributed by atoms with Crippen LogP contribution in [0.5, 0.6) is 0 Å². The van der Waals surface area contributed by atoms with E-state index in [0.29, 0.717) is 49.4 Å². The molecule has 2 aliphatic heterocycles. The van der Waals surface area contributed by atoms with Gasteiger partial charge in [0.05, 0.1) is 0 Å². The van der Waals surface area contributed by atoms with Gasteiger partial charge in [-0.25, -0.2) is 9.18 Å². The van der Waals surface area contributed by atoms with Crippen molar-refractivity contribution in [3.05, 3.63) is 69.5 Å². The normalized spacial score (nSPS) is 20.3. The first-order valence-electron chi connectivity index (χ1n) is 14.4. The number of anilines is 1. The molecule has 1 N–H and O–H groups in total. The van der Waals surface area contributed by atoms with E-state index in [9.17, 15) is 28.7 Å². The number of hydrogen-bond acceptors (Lipinski definition) is 6. The largest absolute Gasteiger partial charge is 0.444 e. The molecule has 0 aromatic heterocycles. The van der Waals surface area contributed by atoms with Crippen molar-refractivity contribution in [1.29, 1.82) is 0 Å². The van der Waals surface area contributed by atoms with Gasteiger partial charge in [0.15, 0.2) is 5.78 Å². The molecule has 2 aromatic carbocycles. The Morgan fingerprint density at radius 3 is 2.40 bits per heavy atom. The number of carbonyl (C=O) groups excluding carboxylic acids is 4. The maximum Gasteiger partial charge on any atom is 0.410 e. The zero-order valence-corrected chi connectivity index (χ0v) is 25.2. The molecule has 11 heteroatoms. The van der Waals surface area contributed by atoms with Crippen LogP contribution in [0.4, 0.5) is 14.9 Å². The number of carbonyl (C=O) groups is 4. The number of amides is 3. The maximum absolute atomic E-state index is 13.7. The lowest BCUT2D eigenvalue weighted by molar-refractivity contribution is -0.147. The van der Waals surface area contributed by atoms with Crippen LogP contribution in [-0.2, 0) is 32.0 Å². The van der Waals surface area contributed by atoms with Crippen molar-refractivity contribution in [1.82, 2.24) is 9.80 Å². The molecule has 5 rings (SSSR count). The number of aryl methyl sites for hydroxylation is 1. The Morgan fingerprint density at radius 2 is 1.72 bits per heavy atom. The van der Waals surface area contributed by atoms with Gasteiger partial charge in [0.2, 0.25) is 11.5 Å². The minimum atomic E-state index is -2.16. The number of halogens is 2. The highest BCUT2D eigenvalue weighted by molar-refractivity contribution is 6.30. The lowest BCUT2D eigenvalue weighted by Gasteiger charge is -2.35. The lowest BCUT2D eigenvalue weighted by atomic mass is 9.92. The summed E-state index contributed by atoms with van der Waals surface area (Å²) in [5, 5.41) is 11.3. The molecule has 0 radical (unpaired) electrons. The van der Waals surface area contributed by atoms with Gasteiger partial charge >= 0.3 is 6.09 Å². The molecule has 9 nitrogen and oxygen atoms in total. The van der Waals surface area contributed by atoms with Crippen molar-refractivity contribution in [2.75, 3.05) is 37.6 Å². The molecule has 3 amide bonds. The van der Waals surface area contributed by atoms with E-state index < -0.39 is 28.7 Å². The third-order valence-corrected chi connectivity index (χ3v) is 8.18. The van der Waals surface area contributed by atoms with Crippen LogP contribution in [0.2, 0.25) is 5.02 Å². The van der Waals surface area contributed by atoms with Gasteiger partial charge in [-0.3, -0.25) is 14.4 Å². The van der Waals surface area contributed by atoms with E-state index >= 15 is 0 Å². The Kier molecular flexibility index (Phi) is 8.37. The third-order valence-electron chi connectivity index (χ3n) is 7.97. The van der Waals surface area contributed by atoms with Gasteiger partial charge < -0.3 is 24.5 Å². The summed E-state index contributed by atoms with van der Waals surface area (Å²) in [5.41, 5.74) is 0.641. The van der Waals surface area contributed by atoms with Crippen molar-refractivity contribution in [2.24, 2.45) is 0 Å². The van der Waals surface area contributed by atoms with Crippen molar-refractivity contribution in [2.45, 2.75) is 57.7 Å². The second-order valence-corrected chi connectivity index (χ2v) is 12.7. The van der Waals surface area contributed by atoms with Gasteiger partial charge in [-0.05, 0) is 80.3 Å². The molecule has 2 saturated heterocycles. The molecule has 1 atom stereocenters. The number of rotatable bonds is 6. The summed E-state index contributed by atoms with van der Waals surface area (Å²) >= 11 is 5.89. The number of nitrogens with zero attached hydrogens (tertiary/aromatic N) is 3. The molecule has 0 unspecified atom stereocenters. The Bertz CT molecular complexity index is 1490. The van der Waals surface area contributed by atoms with Gasteiger partial charge in [0.25, 0.3) is 5.91 Å². The summed E-state index contributed by atoms with van der Waals surface area (Å²) in [6.07, 6.45) is 1.81. The number of ether oxygens (including phenoxy) is 1. The zero-order valence-electron chi connectivity index (χ0n) is 24.5. The molecule has 2 fully saturated rings. The Balaban J connectivity index is 1.20. The highest BCUT2D eigenvalue weighted by atomic mass is 35.5. The van der Waals surface area contributed by atoms with Crippen LogP contribution in [-0.4, -0.2) is 82.5 Å². The van der Waals surface area contributed by atoms with Crippen molar-refractivity contribution >= 4 is 47.1 Å². The highest BCUT2D eigenvalue weighted by Gasteiger charge is 2.51. The molecule has 0 saturated carbocycles. The Labute approximate surface area is 254 Å². The first-order chi connectivity index (χ1) is 20.2. The number of fused-ring (bicyclic) bond motifs is 1. The van der Waals surface area contributed by atoms with Gasteiger partial charge in [-0.1, -0.05) is 17.7 Å². The standard InChI is InChI=1S/C32H35ClFN3O6/c1-31(2,3)43-30(41)36-12-10-35(11-13-36)28(39)23-16-21-5-6-26(18-22(21)17-23)37-9-8-32(42,29(37)40)27(38)7-4-20-14-24(33)19-25(34)15-20/h5-6,14-15,17-19,42H,4,7-13,16H2,1-3H3/t32-/m0/s1. The first-order valence-corrected chi connectivity index (χ1v) is 14.7. The van der Waals surface area contributed by atoms with E-state index in [1.165, 1.54) is 17.0 Å². The Morgan fingerprint density at radius 1 is 1.02 bits per heavy atom. The molecule has 2 aromatic rings. The Hall–Kier alpha value is -3.76. The molecule has 3 aliphatic rings. The number of ketones is 1. The van der Waals surface area contributed by atoms with Crippen LogP contribution in [0.3, 0.4) is 0 Å². The predicted octanol–water partition coefficient (Wildman–Crippen LogP) is 4.17. The summed E-state index contributed by atoms with van der Waals surface area (Å²) in [6, 6.07) is 9.38. The highest BCUT2D eigenvalue weighted by Crippen LogP contribution is 2.35. The average Bonchev–Trinajstić information content (AvgIpc) is 3.50. The quantitative estimate of drug-likeness (QED) is 0.492.